The lowest BCUT2D eigenvalue weighted by atomic mass is 9.79. The van der Waals surface area contributed by atoms with Gasteiger partial charge >= 0.3 is 0 Å². The molecule has 0 aliphatic heterocycles. The van der Waals surface area contributed by atoms with Crippen LogP contribution in [0.5, 0.6) is 0 Å². The fourth-order valence-electron chi connectivity index (χ4n) is 1.47. The lowest BCUT2D eigenvalue weighted by molar-refractivity contribution is 0.589. The van der Waals surface area contributed by atoms with E-state index in [1.165, 1.54) is 22.2 Å². The quantitative estimate of drug-likeness (QED) is 0.526. The highest BCUT2D eigenvalue weighted by Crippen LogP contribution is 2.23. The third-order valence-corrected chi connectivity index (χ3v) is 2.79. The number of benzene rings is 1. The first-order valence-corrected chi connectivity index (χ1v) is 4.90. The van der Waals surface area contributed by atoms with Gasteiger partial charge in [0.2, 0.25) is 0 Å². The maximum absolute atomic E-state index is 2.31. The van der Waals surface area contributed by atoms with Crippen molar-refractivity contribution in [1.82, 2.24) is 0 Å². The van der Waals surface area contributed by atoms with Crippen molar-refractivity contribution in [3.8, 4) is 0 Å². The van der Waals surface area contributed by atoms with Gasteiger partial charge in [-0.05, 0) is 24.8 Å². The van der Waals surface area contributed by atoms with Crippen LogP contribution >= 0.6 is 0 Å². The minimum Gasteiger partial charge on any atom is -0.0832 e. The van der Waals surface area contributed by atoms with Gasteiger partial charge in [0.05, 0.1) is 0 Å². The van der Waals surface area contributed by atoms with Crippen molar-refractivity contribution >= 4 is 13.3 Å². The van der Waals surface area contributed by atoms with E-state index in [1.807, 2.05) is 0 Å². The lowest BCUT2D eigenvalue weighted by Gasteiger charge is -2.21. The third-order valence-electron chi connectivity index (χ3n) is 2.79. The molecule has 0 fully saturated rings. The highest BCUT2D eigenvalue weighted by atomic mass is 14.2. The molecule has 1 aromatic carbocycles. The topological polar surface area (TPSA) is 0 Å². The lowest BCUT2D eigenvalue weighted by Crippen LogP contribution is -2.18. The van der Waals surface area contributed by atoms with E-state index in [1.54, 1.807) is 0 Å². The number of aryl methyl sites for hydroxylation is 2. The molecule has 0 saturated carbocycles. The van der Waals surface area contributed by atoms with Crippen LogP contribution in [0.25, 0.3) is 0 Å². The molecule has 0 N–H and O–H groups in total. The second kappa shape index (κ2) is 3.21. The number of hydrogen-bond acceptors (Lipinski definition) is 0. The molecule has 0 radical (unpaired) electrons. The minimum absolute atomic E-state index is 0.267. The summed E-state index contributed by atoms with van der Waals surface area (Å²) in [5, 5.41) is 0. The van der Waals surface area contributed by atoms with Crippen LogP contribution in [-0.4, -0.2) is 7.85 Å². The molecule has 0 atom stereocenters. The van der Waals surface area contributed by atoms with Crippen molar-refractivity contribution in [2.24, 2.45) is 0 Å². The Bertz CT molecular complexity index is 295. The molecule has 0 spiro atoms. The molecule has 1 rings (SSSR count). The summed E-state index contributed by atoms with van der Waals surface area (Å²) in [5.74, 6) is 0. The van der Waals surface area contributed by atoms with Gasteiger partial charge in [0.25, 0.3) is 0 Å². The van der Waals surface area contributed by atoms with E-state index < -0.39 is 0 Å². The van der Waals surface area contributed by atoms with Gasteiger partial charge in [0.1, 0.15) is 7.85 Å². The summed E-state index contributed by atoms with van der Waals surface area (Å²) in [6, 6.07) is 4.62. The maximum Gasteiger partial charge on any atom is 0.139 e. The molecule has 0 aromatic heterocycles. The SMILES string of the molecule is Bc1c(C)cc(C(C)(C)C)cc1C. The Labute approximate surface area is 82.8 Å². The molecular formula is C12H19B. The van der Waals surface area contributed by atoms with Crippen LogP contribution < -0.4 is 5.46 Å². The summed E-state index contributed by atoms with van der Waals surface area (Å²) >= 11 is 0. The molecule has 0 saturated heterocycles. The Morgan fingerprint density at radius 1 is 1.00 bits per heavy atom. The highest BCUT2D eigenvalue weighted by Gasteiger charge is 2.14. The average Bonchev–Trinajstić information content (AvgIpc) is 1.97. The molecule has 0 aliphatic carbocycles. The Hall–Kier alpha value is -0.715. The van der Waals surface area contributed by atoms with E-state index in [2.05, 4.69) is 54.6 Å². The van der Waals surface area contributed by atoms with E-state index >= 15 is 0 Å². The minimum atomic E-state index is 0.267. The molecule has 1 heteroatoms. The zero-order valence-corrected chi connectivity index (χ0v) is 9.65. The van der Waals surface area contributed by atoms with Gasteiger partial charge in [-0.25, -0.2) is 0 Å². The van der Waals surface area contributed by atoms with Gasteiger partial charge in [-0.1, -0.05) is 49.5 Å². The van der Waals surface area contributed by atoms with Crippen molar-refractivity contribution < 1.29 is 0 Å². The largest absolute Gasteiger partial charge is 0.139 e. The first-order valence-electron chi connectivity index (χ1n) is 4.90. The first kappa shape index (κ1) is 10.4. The van der Waals surface area contributed by atoms with Crippen LogP contribution in [0.1, 0.15) is 37.5 Å². The standard InChI is InChI=1S/C12H19B/c1-8-6-10(12(3,4)5)7-9(2)11(8)13/h6-7H,13H2,1-5H3. The maximum atomic E-state index is 2.31. The van der Waals surface area contributed by atoms with Gasteiger partial charge in [0.15, 0.2) is 0 Å². The molecule has 0 amide bonds. The smallest absolute Gasteiger partial charge is 0.0832 e. The molecule has 0 nitrogen and oxygen atoms in total. The predicted octanol–water partition coefficient (Wildman–Crippen LogP) is 1.86. The predicted molar refractivity (Wildman–Crippen MR) is 62.8 cm³/mol. The highest BCUT2D eigenvalue weighted by molar-refractivity contribution is 6.34. The zero-order valence-electron chi connectivity index (χ0n) is 9.65. The van der Waals surface area contributed by atoms with E-state index in [9.17, 15) is 0 Å². The molecule has 0 bridgehead atoms. The van der Waals surface area contributed by atoms with Crippen LogP contribution in [0, 0.1) is 13.8 Å². The van der Waals surface area contributed by atoms with E-state index in [0.717, 1.165) is 0 Å². The van der Waals surface area contributed by atoms with Gasteiger partial charge in [-0.2, -0.15) is 0 Å². The van der Waals surface area contributed by atoms with Crippen LogP contribution in [0.4, 0.5) is 0 Å². The summed E-state index contributed by atoms with van der Waals surface area (Å²) in [4.78, 5) is 0. The van der Waals surface area contributed by atoms with Gasteiger partial charge in [0, 0.05) is 0 Å². The summed E-state index contributed by atoms with van der Waals surface area (Å²) in [7, 11) is 2.19. The summed E-state index contributed by atoms with van der Waals surface area (Å²) in [6.07, 6.45) is 0. The summed E-state index contributed by atoms with van der Waals surface area (Å²) in [6.45, 7) is 11.2. The molecule has 0 heterocycles. The Morgan fingerprint density at radius 2 is 1.38 bits per heavy atom. The monoisotopic (exact) mass is 174 g/mol. The number of rotatable bonds is 0. The molecule has 0 unspecified atom stereocenters. The van der Waals surface area contributed by atoms with Crippen molar-refractivity contribution in [2.45, 2.75) is 40.0 Å². The van der Waals surface area contributed by atoms with Gasteiger partial charge in [-0.3, -0.25) is 0 Å². The summed E-state index contributed by atoms with van der Waals surface area (Å²) < 4.78 is 0. The van der Waals surface area contributed by atoms with Crippen LogP contribution in [-0.2, 0) is 5.41 Å². The molecule has 0 aliphatic rings. The van der Waals surface area contributed by atoms with E-state index in [-0.39, 0.29) is 5.41 Å². The number of hydrogen-bond donors (Lipinski definition) is 0. The van der Waals surface area contributed by atoms with Crippen molar-refractivity contribution in [2.75, 3.05) is 0 Å². The van der Waals surface area contributed by atoms with Crippen molar-refractivity contribution in [3.63, 3.8) is 0 Å². The van der Waals surface area contributed by atoms with Gasteiger partial charge in [-0.15, -0.1) is 0 Å². The first-order chi connectivity index (χ1) is 5.82. The zero-order chi connectivity index (χ0) is 10.2. The van der Waals surface area contributed by atoms with Crippen LogP contribution in [0.3, 0.4) is 0 Å². The van der Waals surface area contributed by atoms with E-state index in [0.29, 0.717) is 0 Å². The van der Waals surface area contributed by atoms with Crippen molar-refractivity contribution in [3.05, 3.63) is 28.8 Å². The van der Waals surface area contributed by atoms with Gasteiger partial charge < -0.3 is 0 Å². The van der Waals surface area contributed by atoms with Crippen LogP contribution in [0.2, 0.25) is 0 Å². The normalized spacial score (nSPS) is 11.8. The Kier molecular flexibility index (Phi) is 2.56. The molecule has 13 heavy (non-hydrogen) atoms. The molecule has 70 valence electrons. The van der Waals surface area contributed by atoms with Crippen molar-refractivity contribution in [1.29, 1.82) is 0 Å². The fraction of sp³-hybridized carbons (Fsp3) is 0.500. The average molecular weight is 174 g/mol. The second-order valence-corrected chi connectivity index (χ2v) is 4.99. The van der Waals surface area contributed by atoms with Crippen LogP contribution in [0.15, 0.2) is 12.1 Å². The molecular weight excluding hydrogens is 155 g/mol. The second-order valence-electron chi connectivity index (χ2n) is 4.99. The summed E-state index contributed by atoms with van der Waals surface area (Å²) in [5.41, 5.74) is 5.94. The Morgan fingerprint density at radius 3 is 1.69 bits per heavy atom. The fourth-order valence-corrected chi connectivity index (χ4v) is 1.47. The Balaban J connectivity index is 3.29. The third kappa shape index (κ3) is 2.15. The molecule has 1 aromatic rings. The van der Waals surface area contributed by atoms with E-state index in [4.69, 9.17) is 0 Å².